The van der Waals surface area contributed by atoms with Crippen LogP contribution < -0.4 is 0 Å². The zero-order valence-corrected chi connectivity index (χ0v) is 14.4. The van der Waals surface area contributed by atoms with Gasteiger partial charge in [0.25, 0.3) is 0 Å². The molecule has 0 amide bonds. The normalized spacial score (nSPS) is 12.1. The Balaban J connectivity index is 1.85. The summed E-state index contributed by atoms with van der Waals surface area (Å²) in [5.74, 6) is 1.41. The first-order chi connectivity index (χ1) is 11.6. The van der Waals surface area contributed by atoms with E-state index >= 15 is 0 Å². The second-order valence-corrected chi connectivity index (χ2v) is 6.35. The average molecular weight is 359 g/mol. The molecule has 24 heavy (non-hydrogen) atoms. The van der Waals surface area contributed by atoms with Crippen LogP contribution in [0.2, 0.25) is 10.0 Å². The largest absolute Gasteiger partial charge is 0.460 e. The van der Waals surface area contributed by atoms with Crippen molar-refractivity contribution in [3.63, 3.8) is 0 Å². The second-order valence-electron chi connectivity index (χ2n) is 5.48. The van der Waals surface area contributed by atoms with Crippen LogP contribution in [0.3, 0.4) is 0 Å². The summed E-state index contributed by atoms with van der Waals surface area (Å²) in [6.45, 7) is 3.83. The van der Waals surface area contributed by atoms with Crippen molar-refractivity contribution < 1.29 is 9.52 Å². The summed E-state index contributed by atoms with van der Waals surface area (Å²) >= 11 is 11.8. The zero-order valence-electron chi connectivity index (χ0n) is 12.9. The van der Waals surface area contributed by atoms with E-state index in [1.54, 1.807) is 18.2 Å². The van der Waals surface area contributed by atoms with Gasteiger partial charge in [-0.25, -0.2) is 0 Å². The van der Waals surface area contributed by atoms with E-state index in [1.807, 2.05) is 42.5 Å². The van der Waals surface area contributed by atoms with Crippen molar-refractivity contribution in [2.75, 3.05) is 0 Å². The second kappa shape index (κ2) is 7.27. The van der Waals surface area contributed by atoms with E-state index in [1.165, 1.54) is 0 Å². The van der Waals surface area contributed by atoms with Crippen LogP contribution in [0, 0.1) is 0 Å². The maximum Gasteiger partial charge on any atom is 0.141 e. The number of furan rings is 1. The van der Waals surface area contributed by atoms with Crippen molar-refractivity contribution in [1.29, 1.82) is 0 Å². The Kier molecular flexibility index (Phi) is 5.10. The van der Waals surface area contributed by atoms with Gasteiger partial charge in [0, 0.05) is 27.6 Å². The Bertz CT molecular complexity index is 833. The van der Waals surface area contributed by atoms with Crippen LogP contribution in [0.1, 0.15) is 23.0 Å². The van der Waals surface area contributed by atoms with E-state index < -0.39 is 6.10 Å². The van der Waals surface area contributed by atoms with Crippen molar-refractivity contribution in [1.82, 2.24) is 0 Å². The van der Waals surface area contributed by atoms with Gasteiger partial charge in [-0.05, 0) is 48.0 Å². The number of benzene rings is 2. The maximum atomic E-state index is 10.4. The SMILES string of the molecule is C=Cc1cc(CC(O)c2ccc(Cl)cc2)oc1-c1ccc(Cl)cc1. The first kappa shape index (κ1) is 16.8. The third kappa shape index (κ3) is 3.73. The van der Waals surface area contributed by atoms with Crippen molar-refractivity contribution in [2.45, 2.75) is 12.5 Å². The van der Waals surface area contributed by atoms with Crippen LogP contribution in [-0.2, 0) is 6.42 Å². The molecule has 0 saturated heterocycles. The minimum absolute atomic E-state index is 0.371. The van der Waals surface area contributed by atoms with Crippen LogP contribution in [0.4, 0.5) is 0 Å². The monoisotopic (exact) mass is 358 g/mol. The zero-order chi connectivity index (χ0) is 17.1. The predicted molar refractivity (Wildman–Crippen MR) is 99.4 cm³/mol. The number of hydrogen-bond donors (Lipinski definition) is 1. The minimum Gasteiger partial charge on any atom is -0.460 e. The molecule has 1 heterocycles. The molecule has 2 aromatic carbocycles. The highest BCUT2D eigenvalue weighted by molar-refractivity contribution is 6.30. The lowest BCUT2D eigenvalue weighted by Crippen LogP contribution is -2.00. The van der Waals surface area contributed by atoms with E-state index in [2.05, 4.69) is 6.58 Å². The van der Waals surface area contributed by atoms with E-state index in [0.717, 1.165) is 22.5 Å². The summed E-state index contributed by atoms with van der Waals surface area (Å²) < 4.78 is 5.95. The first-order valence-electron chi connectivity index (χ1n) is 7.51. The summed E-state index contributed by atoms with van der Waals surface area (Å²) in [6, 6.07) is 16.5. The number of halogens is 2. The van der Waals surface area contributed by atoms with E-state index in [-0.39, 0.29) is 0 Å². The van der Waals surface area contributed by atoms with Gasteiger partial charge < -0.3 is 9.52 Å². The lowest BCUT2D eigenvalue weighted by atomic mass is 10.0. The average Bonchev–Trinajstić information content (AvgIpc) is 2.99. The molecule has 0 radical (unpaired) electrons. The Morgan fingerprint density at radius 2 is 1.58 bits per heavy atom. The van der Waals surface area contributed by atoms with Crippen molar-refractivity contribution in [2.24, 2.45) is 0 Å². The summed E-state index contributed by atoms with van der Waals surface area (Å²) in [5, 5.41) is 11.7. The lowest BCUT2D eigenvalue weighted by molar-refractivity contribution is 0.171. The molecule has 3 aromatic rings. The van der Waals surface area contributed by atoms with E-state index in [4.69, 9.17) is 27.6 Å². The molecule has 0 aliphatic rings. The molecule has 1 atom stereocenters. The summed E-state index contributed by atoms with van der Waals surface area (Å²) in [5.41, 5.74) is 2.60. The van der Waals surface area contributed by atoms with Crippen molar-refractivity contribution in [3.8, 4) is 11.3 Å². The molecule has 1 unspecified atom stereocenters. The molecule has 0 spiro atoms. The lowest BCUT2D eigenvalue weighted by Gasteiger charge is -2.09. The Hall–Kier alpha value is -2.00. The van der Waals surface area contributed by atoms with Crippen LogP contribution in [0.25, 0.3) is 17.4 Å². The minimum atomic E-state index is -0.663. The third-order valence-corrected chi connectivity index (χ3v) is 4.29. The van der Waals surface area contributed by atoms with Crippen molar-refractivity contribution >= 4 is 29.3 Å². The Labute approximate surface area is 151 Å². The Morgan fingerprint density at radius 1 is 1.00 bits per heavy atom. The fraction of sp³-hybridized carbons (Fsp3) is 0.100. The fourth-order valence-corrected chi connectivity index (χ4v) is 2.78. The maximum absolute atomic E-state index is 10.4. The molecule has 0 fully saturated rings. The predicted octanol–water partition coefficient (Wildman–Crippen LogP) is 6.17. The molecule has 4 heteroatoms. The van der Waals surface area contributed by atoms with Gasteiger partial charge in [0.15, 0.2) is 0 Å². The highest BCUT2D eigenvalue weighted by Gasteiger charge is 2.15. The number of hydrogen-bond acceptors (Lipinski definition) is 2. The quantitative estimate of drug-likeness (QED) is 0.591. The topological polar surface area (TPSA) is 33.4 Å². The molecule has 1 N–H and O–H groups in total. The van der Waals surface area contributed by atoms with E-state index in [0.29, 0.717) is 22.2 Å². The summed E-state index contributed by atoms with van der Waals surface area (Å²) in [6.07, 6.45) is 1.45. The van der Waals surface area contributed by atoms with Gasteiger partial charge >= 0.3 is 0 Å². The molecule has 0 aliphatic heterocycles. The molecular weight excluding hydrogens is 343 g/mol. The van der Waals surface area contributed by atoms with Gasteiger partial charge in [0.1, 0.15) is 11.5 Å². The molecule has 0 aliphatic carbocycles. The van der Waals surface area contributed by atoms with E-state index in [9.17, 15) is 5.11 Å². The Morgan fingerprint density at radius 3 is 2.17 bits per heavy atom. The standard InChI is InChI=1S/C20H16Cl2O2/c1-2-13-11-18(12-19(23)14-3-7-16(21)8-4-14)24-20(13)15-5-9-17(22)10-6-15/h2-11,19,23H,1,12H2. The molecule has 122 valence electrons. The van der Waals surface area contributed by atoms with Gasteiger partial charge in [-0.1, -0.05) is 48.0 Å². The molecule has 1 aromatic heterocycles. The third-order valence-electron chi connectivity index (χ3n) is 3.79. The van der Waals surface area contributed by atoms with Crippen molar-refractivity contribution in [3.05, 3.63) is 88.1 Å². The molecule has 0 bridgehead atoms. The fourth-order valence-electron chi connectivity index (χ4n) is 2.53. The number of aliphatic hydroxyl groups excluding tert-OH is 1. The highest BCUT2D eigenvalue weighted by atomic mass is 35.5. The highest BCUT2D eigenvalue weighted by Crippen LogP contribution is 2.31. The molecule has 0 saturated carbocycles. The molecular formula is C20H16Cl2O2. The van der Waals surface area contributed by atoms with Gasteiger partial charge in [-0.3, -0.25) is 0 Å². The van der Waals surface area contributed by atoms with Gasteiger partial charge in [-0.15, -0.1) is 0 Å². The smallest absolute Gasteiger partial charge is 0.141 e. The van der Waals surface area contributed by atoms with Crippen LogP contribution in [0.5, 0.6) is 0 Å². The summed E-state index contributed by atoms with van der Waals surface area (Å²) in [4.78, 5) is 0. The van der Waals surface area contributed by atoms with Gasteiger partial charge in [0.2, 0.25) is 0 Å². The molecule has 2 nitrogen and oxygen atoms in total. The van der Waals surface area contributed by atoms with Gasteiger partial charge in [0.05, 0.1) is 6.10 Å². The van der Waals surface area contributed by atoms with Crippen LogP contribution >= 0.6 is 23.2 Å². The van der Waals surface area contributed by atoms with Gasteiger partial charge in [-0.2, -0.15) is 0 Å². The first-order valence-corrected chi connectivity index (χ1v) is 8.27. The van der Waals surface area contributed by atoms with Crippen LogP contribution in [0.15, 0.2) is 65.6 Å². The number of rotatable bonds is 5. The number of aliphatic hydroxyl groups is 1. The summed E-state index contributed by atoms with van der Waals surface area (Å²) in [7, 11) is 0. The van der Waals surface area contributed by atoms with Crippen LogP contribution in [-0.4, -0.2) is 5.11 Å². The molecule has 3 rings (SSSR count).